The van der Waals surface area contributed by atoms with E-state index in [-0.39, 0.29) is 23.6 Å². The Bertz CT molecular complexity index is 1570. The first kappa shape index (κ1) is 25.9. The van der Waals surface area contributed by atoms with Gasteiger partial charge in [-0.2, -0.15) is 9.78 Å². The SMILES string of the molecule is CCOC(=O)c1nn(-c2cccc(OC)c2)c(=O)c2c(NC(=O)C3(c4ccc(Cl)cc4)CCCC3)scc12. The third kappa shape index (κ3) is 4.56. The molecule has 1 saturated carbocycles. The van der Waals surface area contributed by atoms with Crippen molar-refractivity contribution in [3.05, 3.63) is 80.5 Å². The highest BCUT2D eigenvalue weighted by molar-refractivity contribution is 7.16. The summed E-state index contributed by atoms with van der Waals surface area (Å²) in [5.41, 5.74) is 0.0993. The molecule has 1 N–H and O–H groups in total. The molecule has 1 fully saturated rings. The number of esters is 1. The predicted octanol–water partition coefficient (Wildman–Crippen LogP) is 5.74. The number of fused-ring (bicyclic) bond motifs is 1. The molecule has 0 saturated heterocycles. The first-order chi connectivity index (χ1) is 18.4. The predicted molar refractivity (Wildman–Crippen MR) is 148 cm³/mol. The summed E-state index contributed by atoms with van der Waals surface area (Å²) >= 11 is 7.28. The summed E-state index contributed by atoms with van der Waals surface area (Å²) in [5.74, 6) is -0.319. The van der Waals surface area contributed by atoms with Gasteiger partial charge < -0.3 is 14.8 Å². The number of anilines is 1. The lowest BCUT2D eigenvalue weighted by atomic mass is 9.78. The van der Waals surface area contributed by atoms with Gasteiger partial charge in [0.25, 0.3) is 5.56 Å². The van der Waals surface area contributed by atoms with Crippen LogP contribution in [-0.2, 0) is 14.9 Å². The number of carbonyl (C=O) groups is 2. The molecule has 2 aromatic heterocycles. The average molecular weight is 552 g/mol. The zero-order chi connectivity index (χ0) is 26.9. The van der Waals surface area contributed by atoms with E-state index in [2.05, 4.69) is 10.4 Å². The maximum atomic E-state index is 13.9. The highest BCUT2D eigenvalue weighted by Crippen LogP contribution is 2.43. The van der Waals surface area contributed by atoms with Gasteiger partial charge in [-0.25, -0.2) is 4.79 Å². The number of aromatic nitrogens is 2. The molecule has 4 aromatic rings. The number of benzene rings is 2. The normalized spacial score (nSPS) is 14.4. The van der Waals surface area contributed by atoms with E-state index >= 15 is 0 Å². The Hall–Kier alpha value is -3.69. The minimum absolute atomic E-state index is 0.00528. The summed E-state index contributed by atoms with van der Waals surface area (Å²) in [7, 11) is 1.52. The number of nitrogens with zero attached hydrogens (tertiary/aromatic N) is 2. The number of ether oxygens (including phenoxy) is 2. The second-order valence-corrected chi connectivity index (χ2v) is 10.4. The Morgan fingerprint density at radius 3 is 2.58 bits per heavy atom. The van der Waals surface area contributed by atoms with Gasteiger partial charge in [-0.05, 0) is 49.6 Å². The molecular formula is C28H26ClN3O5S. The molecule has 1 amide bonds. The molecule has 38 heavy (non-hydrogen) atoms. The summed E-state index contributed by atoms with van der Waals surface area (Å²) in [5, 5.41) is 10.5. The van der Waals surface area contributed by atoms with Crippen LogP contribution in [0.3, 0.4) is 0 Å². The van der Waals surface area contributed by atoms with E-state index in [1.165, 1.54) is 18.4 Å². The molecule has 0 radical (unpaired) electrons. The minimum Gasteiger partial charge on any atom is -0.497 e. The molecule has 2 heterocycles. The van der Waals surface area contributed by atoms with Crippen LogP contribution in [0.1, 0.15) is 48.7 Å². The van der Waals surface area contributed by atoms with Gasteiger partial charge >= 0.3 is 5.97 Å². The van der Waals surface area contributed by atoms with Crippen molar-refractivity contribution < 1.29 is 19.1 Å². The molecule has 1 aliphatic carbocycles. The lowest BCUT2D eigenvalue weighted by molar-refractivity contribution is -0.121. The van der Waals surface area contributed by atoms with Gasteiger partial charge in [-0.15, -0.1) is 11.3 Å². The maximum absolute atomic E-state index is 13.9. The van der Waals surface area contributed by atoms with Crippen molar-refractivity contribution in [1.29, 1.82) is 0 Å². The fourth-order valence-corrected chi connectivity index (χ4v) is 6.08. The van der Waals surface area contributed by atoms with E-state index in [0.29, 0.717) is 39.7 Å². The van der Waals surface area contributed by atoms with Gasteiger partial charge in [0.2, 0.25) is 5.91 Å². The van der Waals surface area contributed by atoms with Gasteiger partial charge in [-0.3, -0.25) is 9.59 Å². The number of methoxy groups -OCH3 is 1. The molecule has 0 spiro atoms. The monoisotopic (exact) mass is 551 g/mol. The Labute approximate surface area is 228 Å². The van der Waals surface area contributed by atoms with Crippen molar-refractivity contribution in [1.82, 2.24) is 9.78 Å². The van der Waals surface area contributed by atoms with Crippen LogP contribution in [0.5, 0.6) is 5.75 Å². The summed E-state index contributed by atoms with van der Waals surface area (Å²) in [6.07, 6.45) is 3.21. The molecule has 196 valence electrons. The Morgan fingerprint density at radius 2 is 1.89 bits per heavy atom. The lowest BCUT2D eigenvalue weighted by Gasteiger charge is -2.28. The van der Waals surface area contributed by atoms with E-state index in [9.17, 15) is 14.4 Å². The zero-order valence-corrected chi connectivity index (χ0v) is 22.5. The van der Waals surface area contributed by atoms with Crippen LogP contribution in [0.15, 0.2) is 58.7 Å². The first-order valence-electron chi connectivity index (χ1n) is 12.3. The summed E-state index contributed by atoms with van der Waals surface area (Å²) < 4.78 is 11.7. The Balaban J connectivity index is 1.64. The van der Waals surface area contributed by atoms with Crippen molar-refractivity contribution >= 4 is 50.6 Å². The molecule has 0 unspecified atom stereocenters. The fourth-order valence-electron chi connectivity index (χ4n) is 5.03. The van der Waals surface area contributed by atoms with Crippen LogP contribution in [0.25, 0.3) is 16.5 Å². The molecule has 8 nitrogen and oxygen atoms in total. The van der Waals surface area contributed by atoms with Gasteiger partial charge in [0.1, 0.15) is 10.8 Å². The number of halogens is 1. The average Bonchev–Trinajstić information content (AvgIpc) is 3.59. The van der Waals surface area contributed by atoms with Crippen molar-refractivity contribution in [3.8, 4) is 11.4 Å². The lowest BCUT2D eigenvalue weighted by Crippen LogP contribution is -2.38. The number of rotatable bonds is 7. The quantitative estimate of drug-likeness (QED) is 0.294. The standard InChI is InChI=1S/C28H26ClN3O5S/c1-3-37-26(34)23-21-16-38-24(22(21)25(33)32(31-23)19-7-6-8-20(15-19)36-2)30-27(35)28(13-4-5-14-28)17-9-11-18(29)12-10-17/h6-12,15-16H,3-5,13-14H2,1-2H3,(H,30,35). The molecule has 10 heteroatoms. The highest BCUT2D eigenvalue weighted by atomic mass is 35.5. The number of thiophene rings is 1. The van der Waals surface area contributed by atoms with Crippen molar-refractivity contribution in [2.45, 2.75) is 38.0 Å². The number of nitrogens with one attached hydrogen (secondary N) is 1. The van der Waals surface area contributed by atoms with E-state index in [1.54, 1.807) is 48.7 Å². The molecule has 1 aliphatic rings. The van der Waals surface area contributed by atoms with Crippen LogP contribution >= 0.6 is 22.9 Å². The van der Waals surface area contributed by atoms with Crippen molar-refractivity contribution in [3.63, 3.8) is 0 Å². The van der Waals surface area contributed by atoms with Crippen molar-refractivity contribution in [2.75, 3.05) is 19.0 Å². The molecular weight excluding hydrogens is 526 g/mol. The molecule has 0 bridgehead atoms. The van der Waals surface area contributed by atoms with Crippen LogP contribution in [0, 0.1) is 0 Å². The second kappa shape index (κ2) is 10.6. The topological polar surface area (TPSA) is 99.5 Å². The number of hydrogen-bond acceptors (Lipinski definition) is 7. The fraction of sp³-hybridized carbons (Fsp3) is 0.286. The van der Waals surface area contributed by atoms with Crippen LogP contribution < -0.4 is 15.6 Å². The van der Waals surface area contributed by atoms with Crippen LogP contribution in [0.2, 0.25) is 5.02 Å². The summed E-state index contributed by atoms with van der Waals surface area (Å²) in [6, 6.07) is 14.2. The Kier molecular flexibility index (Phi) is 7.23. The van der Waals surface area contributed by atoms with E-state index in [1.807, 2.05) is 12.1 Å². The number of hydrogen-bond donors (Lipinski definition) is 1. The number of amides is 1. The third-order valence-corrected chi connectivity index (χ3v) is 8.08. The van der Waals surface area contributed by atoms with Gasteiger partial charge in [0.05, 0.1) is 30.2 Å². The molecule has 5 rings (SSSR count). The van der Waals surface area contributed by atoms with Crippen molar-refractivity contribution in [2.24, 2.45) is 0 Å². The molecule has 0 aliphatic heterocycles. The van der Waals surface area contributed by atoms with Gasteiger partial charge in [0.15, 0.2) is 5.69 Å². The second-order valence-electron chi connectivity index (χ2n) is 9.09. The van der Waals surface area contributed by atoms with Crippen LogP contribution in [0.4, 0.5) is 5.00 Å². The maximum Gasteiger partial charge on any atom is 0.359 e. The van der Waals surface area contributed by atoms with E-state index in [4.69, 9.17) is 21.1 Å². The number of carbonyl (C=O) groups excluding carboxylic acids is 2. The third-order valence-electron chi connectivity index (χ3n) is 6.93. The van der Waals surface area contributed by atoms with E-state index < -0.39 is 16.9 Å². The van der Waals surface area contributed by atoms with Gasteiger partial charge in [-0.1, -0.05) is 42.6 Å². The zero-order valence-electron chi connectivity index (χ0n) is 21.0. The summed E-state index contributed by atoms with van der Waals surface area (Å²) in [4.78, 5) is 40.5. The highest BCUT2D eigenvalue weighted by Gasteiger charge is 2.43. The Morgan fingerprint density at radius 1 is 1.16 bits per heavy atom. The molecule has 0 atom stereocenters. The first-order valence-corrected chi connectivity index (χ1v) is 13.6. The van der Waals surface area contributed by atoms with E-state index in [0.717, 1.165) is 23.1 Å². The van der Waals surface area contributed by atoms with Gasteiger partial charge in [0, 0.05) is 21.9 Å². The molecule has 2 aromatic carbocycles. The van der Waals surface area contributed by atoms with Crippen LogP contribution in [-0.4, -0.2) is 35.4 Å². The minimum atomic E-state index is -0.732. The largest absolute Gasteiger partial charge is 0.497 e. The smallest absolute Gasteiger partial charge is 0.359 e. The summed E-state index contributed by atoms with van der Waals surface area (Å²) in [6.45, 7) is 1.85.